The predicted molar refractivity (Wildman–Crippen MR) is 45.1 cm³/mol. The number of rotatable bonds is 0. The third kappa shape index (κ3) is 1.38. The average molecular weight is 179 g/mol. The van der Waals surface area contributed by atoms with Crippen molar-refractivity contribution in [1.29, 1.82) is 0 Å². The van der Waals surface area contributed by atoms with Crippen molar-refractivity contribution in [2.45, 2.75) is 18.9 Å². The summed E-state index contributed by atoms with van der Waals surface area (Å²) in [6.07, 6.45) is 1.33. The van der Waals surface area contributed by atoms with Gasteiger partial charge in [0.05, 0.1) is 17.4 Å². The highest BCUT2D eigenvalue weighted by Crippen LogP contribution is 2.19. The number of aliphatic hydroxyl groups is 1. The van der Waals surface area contributed by atoms with Crippen molar-refractivity contribution in [2.24, 2.45) is 0 Å². The fourth-order valence-corrected chi connectivity index (χ4v) is 1.44. The second-order valence-electron chi connectivity index (χ2n) is 3.07. The summed E-state index contributed by atoms with van der Waals surface area (Å²) < 4.78 is 0. The lowest BCUT2D eigenvalue weighted by Gasteiger charge is -2.17. The summed E-state index contributed by atoms with van der Waals surface area (Å²) in [5, 5.41) is 9.30. The highest BCUT2D eigenvalue weighted by atomic mass is 16.3. The number of aromatic nitrogens is 2. The monoisotopic (exact) mass is 179 g/mol. The van der Waals surface area contributed by atoms with Gasteiger partial charge in [-0.1, -0.05) is 0 Å². The summed E-state index contributed by atoms with van der Waals surface area (Å²) in [7, 11) is 0. The number of Topliss-reactive ketones (excluding diaryl/α,β-unsaturated/α-hetero) is 1. The Hall–Kier alpha value is -1.49. The lowest BCUT2D eigenvalue weighted by Crippen LogP contribution is -2.25. The molecule has 0 bridgehead atoms. The van der Waals surface area contributed by atoms with Gasteiger partial charge in [-0.05, 0) is 0 Å². The van der Waals surface area contributed by atoms with E-state index in [9.17, 15) is 9.90 Å². The van der Waals surface area contributed by atoms with E-state index < -0.39 is 6.10 Å². The first kappa shape index (κ1) is 8.12. The van der Waals surface area contributed by atoms with Crippen LogP contribution in [-0.2, 0) is 6.42 Å². The van der Waals surface area contributed by atoms with Gasteiger partial charge in [0.25, 0.3) is 0 Å². The Morgan fingerprint density at radius 2 is 2.31 bits per heavy atom. The Bertz CT molecular complexity index is 364. The molecule has 0 amide bonds. The fourth-order valence-electron chi connectivity index (χ4n) is 1.44. The van der Waals surface area contributed by atoms with Crippen molar-refractivity contribution in [1.82, 2.24) is 9.97 Å². The van der Waals surface area contributed by atoms with E-state index in [2.05, 4.69) is 9.97 Å². The average Bonchev–Trinajstić information content (AvgIpc) is 2.02. The van der Waals surface area contributed by atoms with Crippen LogP contribution in [0.1, 0.15) is 22.5 Å². The van der Waals surface area contributed by atoms with Gasteiger partial charge in [-0.25, -0.2) is 9.97 Å². The lowest BCUT2D eigenvalue weighted by atomic mass is 9.94. The maximum absolute atomic E-state index is 11.3. The van der Waals surface area contributed by atoms with E-state index in [4.69, 9.17) is 5.73 Å². The predicted octanol–water partition coefficient (Wildman–Crippen LogP) is -0.451. The van der Waals surface area contributed by atoms with Crippen molar-refractivity contribution < 1.29 is 9.90 Å². The van der Waals surface area contributed by atoms with Crippen molar-refractivity contribution in [3.63, 3.8) is 0 Å². The quantitative estimate of drug-likeness (QED) is 0.563. The first-order valence-corrected chi connectivity index (χ1v) is 3.99. The Labute approximate surface area is 74.6 Å². The van der Waals surface area contributed by atoms with E-state index >= 15 is 0 Å². The van der Waals surface area contributed by atoms with Crippen LogP contribution >= 0.6 is 0 Å². The zero-order valence-electron chi connectivity index (χ0n) is 6.90. The summed E-state index contributed by atoms with van der Waals surface area (Å²) in [5.74, 6) is 0.0226. The van der Waals surface area contributed by atoms with E-state index in [0.717, 1.165) is 0 Å². The van der Waals surface area contributed by atoms with Gasteiger partial charge in [-0.3, -0.25) is 4.79 Å². The fraction of sp³-hybridized carbons (Fsp3) is 0.375. The molecule has 1 aromatic rings. The van der Waals surface area contributed by atoms with Gasteiger partial charge in [-0.2, -0.15) is 0 Å². The van der Waals surface area contributed by atoms with E-state index in [-0.39, 0.29) is 18.2 Å². The third-order valence-electron chi connectivity index (χ3n) is 2.04. The SMILES string of the molecule is Nc1ncc2c(n1)CC(O)CC2=O. The van der Waals surface area contributed by atoms with E-state index in [1.807, 2.05) is 0 Å². The number of aliphatic hydroxyl groups excluding tert-OH is 1. The first-order valence-electron chi connectivity index (χ1n) is 3.99. The molecule has 0 saturated heterocycles. The van der Waals surface area contributed by atoms with Crippen LogP contribution in [0.5, 0.6) is 0 Å². The third-order valence-corrected chi connectivity index (χ3v) is 2.04. The minimum atomic E-state index is -0.630. The smallest absolute Gasteiger partial charge is 0.220 e. The number of ketones is 1. The van der Waals surface area contributed by atoms with Crippen LogP contribution < -0.4 is 5.73 Å². The molecule has 2 rings (SSSR count). The van der Waals surface area contributed by atoms with Crippen molar-refractivity contribution in [2.75, 3.05) is 5.73 Å². The number of nitrogens with zero attached hydrogens (tertiary/aromatic N) is 2. The number of hydrogen-bond donors (Lipinski definition) is 2. The normalized spacial score (nSPS) is 21.3. The second-order valence-corrected chi connectivity index (χ2v) is 3.07. The zero-order chi connectivity index (χ0) is 9.42. The molecule has 0 saturated carbocycles. The second kappa shape index (κ2) is 2.77. The number of carbonyl (C=O) groups excluding carboxylic acids is 1. The van der Waals surface area contributed by atoms with E-state index in [1.54, 1.807) is 0 Å². The van der Waals surface area contributed by atoms with Crippen LogP contribution in [0.2, 0.25) is 0 Å². The van der Waals surface area contributed by atoms with Crippen LogP contribution in [0.15, 0.2) is 6.20 Å². The van der Waals surface area contributed by atoms with Gasteiger partial charge in [0.2, 0.25) is 5.95 Å². The van der Waals surface area contributed by atoms with Gasteiger partial charge in [0.1, 0.15) is 0 Å². The minimum absolute atomic E-state index is 0.117. The standard InChI is InChI=1S/C8H9N3O2/c9-8-10-3-5-6(11-8)1-4(12)2-7(5)13/h3-4,12H,1-2H2,(H2,9,10,11). The first-order chi connectivity index (χ1) is 6.16. The Balaban J connectivity index is 2.49. The van der Waals surface area contributed by atoms with E-state index in [1.165, 1.54) is 6.20 Å². The maximum atomic E-state index is 11.3. The highest BCUT2D eigenvalue weighted by Gasteiger charge is 2.24. The van der Waals surface area contributed by atoms with Gasteiger partial charge in [0, 0.05) is 19.0 Å². The molecule has 3 N–H and O–H groups in total. The molecule has 5 heteroatoms. The zero-order valence-corrected chi connectivity index (χ0v) is 6.90. The summed E-state index contributed by atoms with van der Waals surface area (Å²) in [4.78, 5) is 19.0. The van der Waals surface area contributed by atoms with Crippen molar-refractivity contribution >= 4 is 11.7 Å². The molecule has 68 valence electrons. The van der Waals surface area contributed by atoms with Crippen LogP contribution in [0.3, 0.4) is 0 Å². The lowest BCUT2D eigenvalue weighted by molar-refractivity contribution is 0.0849. The molecule has 0 aromatic carbocycles. The molecule has 1 atom stereocenters. The summed E-state index contributed by atoms with van der Waals surface area (Å²) in [5.41, 5.74) is 6.40. The maximum Gasteiger partial charge on any atom is 0.220 e. The molecule has 0 spiro atoms. The molecule has 13 heavy (non-hydrogen) atoms. The molecular weight excluding hydrogens is 170 g/mol. The molecular formula is C8H9N3O2. The molecule has 0 radical (unpaired) electrons. The van der Waals surface area contributed by atoms with Gasteiger partial charge < -0.3 is 10.8 Å². The number of hydrogen-bond acceptors (Lipinski definition) is 5. The Kier molecular flexibility index (Phi) is 1.73. The molecule has 5 nitrogen and oxygen atoms in total. The number of nitrogens with two attached hydrogens (primary N) is 1. The minimum Gasteiger partial charge on any atom is -0.392 e. The van der Waals surface area contributed by atoms with Crippen LogP contribution in [0, 0.1) is 0 Å². The molecule has 1 aliphatic rings. The number of anilines is 1. The summed E-state index contributed by atoms with van der Waals surface area (Å²) in [6, 6.07) is 0. The number of fused-ring (bicyclic) bond motifs is 1. The molecule has 0 fully saturated rings. The van der Waals surface area contributed by atoms with Crippen LogP contribution in [0.25, 0.3) is 0 Å². The van der Waals surface area contributed by atoms with Gasteiger partial charge >= 0.3 is 0 Å². The molecule has 0 aliphatic heterocycles. The van der Waals surface area contributed by atoms with Crippen LogP contribution in [0.4, 0.5) is 5.95 Å². The molecule has 1 aromatic heterocycles. The molecule has 1 unspecified atom stereocenters. The van der Waals surface area contributed by atoms with Gasteiger partial charge in [0.15, 0.2) is 5.78 Å². The Morgan fingerprint density at radius 1 is 1.54 bits per heavy atom. The topological polar surface area (TPSA) is 89.1 Å². The van der Waals surface area contributed by atoms with Crippen LogP contribution in [-0.4, -0.2) is 27.0 Å². The van der Waals surface area contributed by atoms with Crippen molar-refractivity contribution in [3.8, 4) is 0 Å². The van der Waals surface area contributed by atoms with Crippen molar-refractivity contribution in [3.05, 3.63) is 17.5 Å². The van der Waals surface area contributed by atoms with E-state index in [0.29, 0.717) is 17.7 Å². The highest BCUT2D eigenvalue weighted by molar-refractivity contribution is 5.98. The summed E-state index contributed by atoms with van der Waals surface area (Å²) >= 11 is 0. The number of carbonyl (C=O) groups is 1. The summed E-state index contributed by atoms with van der Waals surface area (Å²) in [6.45, 7) is 0. The molecule has 1 heterocycles. The Morgan fingerprint density at radius 3 is 3.08 bits per heavy atom. The van der Waals surface area contributed by atoms with Gasteiger partial charge in [-0.15, -0.1) is 0 Å². The number of nitrogen functional groups attached to an aromatic ring is 1. The molecule has 1 aliphatic carbocycles. The largest absolute Gasteiger partial charge is 0.392 e.